The van der Waals surface area contributed by atoms with E-state index in [0.29, 0.717) is 6.42 Å². The van der Waals surface area contributed by atoms with Crippen LogP contribution in [0.25, 0.3) is 0 Å². The number of Topliss-reactive ketones (excluding diaryl/α,β-unsaturated/α-hetero) is 1. The van der Waals surface area contributed by atoms with Crippen LogP contribution in [0.5, 0.6) is 0 Å². The Morgan fingerprint density at radius 1 is 0.773 bits per heavy atom. The number of carbonyl (C=O) groups excluding carboxylic acids is 1. The highest BCUT2D eigenvalue weighted by Crippen LogP contribution is 2.13. The van der Waals surface area contributed by atoms with Crippen LogP contribution in [0.2, 0.25) is 0 Å². The van der Waals surface area contributed by atoms with E-state index in [1.54, 1.807) is 0 Å². The van der Waals surface area contributed by atoms with Gasteiger partial charge in [0, 0.05) is 12.8 Å². The molecule has 0 rings (SSSR count). The number of aliphatic hydroxyl groups excluding tert-OH is 2. The first-order valence-electron chi connectivity index (χ1n) is 9.51. The maximum atomic E-state index is 11.4. The molecule has 0 saturated carbocycles. The molecule has 0 aliphatic heterocycles. The summed E-state index contributed by atoms with van der Waals surface area (Å²) < 4.78 is 0. The summed E-state index contributed by atoms with van der Waals surface area (Å²) in [6.07, 6.45) is 16.7. The fourth-order valence-corrected chi connectivity index (χ4v) is 2.77. The van der Waals surface area contributed by atoms with Crippen molar-refractivity contribution in [2.45, 2.75) is 109 Å². The molecular formula is C19H38O3. The molecule has 0 radical (unpaired) electrons. The molecule has 0 amide bonds. The Hall–Kier alpha value is -0.410. The van der Waals surface area contributed by atoms with Crippen LogP contribution in [-0.2, 0) is 4.79 Å². The monoisotopic (exact) mass is 314 g/mol. The van der Waals surface area contributed by atoms with E-state index in [9.17, 15) is 4.79 Å². The van der Waals surface area contributed by atoms with E-state index in [1.165, 1.54) is 70.6 Å². The van der Waals surface area contributed by atoms with E-state index in [4.69, 9.17) is 10.2 Å². The molecule has 0 spiro atoms. The molecule has 0 fully saturated rings. The topological polar surface area (TPSA) is 57.5 Å². The van der Waals surface area contributed by atoms with Gasteiger partial charge in [0.05, 0.1) is 12.7 Å². The first-order chi connectivity index (χ1) is 10.7. The summed E-state index contributed by atoms with van der Waals surface area (Å²) in [6, 6.07) is 0. The van der Waals surface area contributed by atoms with Crippen LogP contribution in [0.4, 0.5) is 0 Å². The van der Waals surface area contributed by atoms with Crippen molar-refractivity contribution in [3.63, 3.8) is 0 Å². The van der Waals surface area contributed by atoms with Gasteiger partial charge in [-0.15, -0.1) is 0 Å². The summed E-state index contributed by atoms with van der Waals surface area (Å²) in [6.45, 7) is 1.94. The van der Waals surface area contributed by atoms with Crippen LogP contribution in [0.3, 0.4) is 0 Å². The van der Waals surface area contributed by atoms with Crippen molar-refractivity contribution in [3.05, 3.63) is 0 Å². The second-order valence-electron chi connectivity index (χ2n) is 6.57. The molecule has 0 aromatic rings. The maximum Gasteiger partial charge on any atom is 0.135 e. The predicted molar refractivity (Wildman–Crippen MR) is 93.0 cm³/mol. The van der Waals surface area contributed by atoms with Gasteiger partial charge in [0.1, 0.15) is 5.78 Å². The molecule has 2 N–H and O–H groups in total. The van der Waals surface area contributed by atoms with Gasteiger partial charge in [0.2, 0.25) is 0 Å². The van der Waals surface area contributed by atoms with Crippen LogP contribution in [-0.4, -0.2) is 28.7 Å². The molecule has 132 valence electrons. The zero-order valence-corrected chi connectivity index (χ0v) is 14.7. The summed E-state index contributed by atoms with van der Waals surface area (Å²) in [5, 5.41) is 17.8. The average molecular weight is 315 g/mol. The SMILES string of the molecule is CCCCCCCCCCCCCCCC(=O)CC(O)CO. The lowest BCUT2D eigenvalue weighted by Gasteiger charge is -2.06. The smallest absolute Gasteiger partial charge is 0.135 e. The fourth-order valence-electron chi connectivity index (χ4n) is 2.77. The number of hydrogen-bond donors (Lipinski definition) is 2. The minimum absolute atomic E-state index is 0.0737. The highest BCUT2D eigenvalue weighted by Gasteiger charge is 2.08. The molecule has 0 aliphatic rings. The molecule has 3 heteroatoms. The second-order valence-corrected chi connectivity index (χ2v) is 6.57. The summed E-state index contributed by atoms with van der Waals surface area (Å²) >= 11 is 0. The van der Waals surface area contributed by atoms with Gasteiger partial charge in [-0.1, -0.05) is 84.0 Å². The predicted octanol–water partition coefficient (Wildman–Crippen LogP) is 4.78. The Bertz CT molecular complexity index is 241. The Kier molecular flexibility index (Phi) is 16.6. The average Bonchev–Trinajstić information content (AvgIpc) is 2.51. The molecule has 22 heavy (non-hydrogen) atoms. The third-order valence-corrected chi connectivity index (χ3v) is 4.23. The Labute approximate surface area is 137 Å². The highest BCUT2D eigenvalue weighted by atomic mass is 16.3. The van der Waals surface area contributed by atoms with Crippen molar-refractivity contribution < 1.29 is 15.0 Å². The van der Waals surface area contributed by atoms with Crippen LogP contribution >= 0.6 is 0 Å². The van der Waals surface area contributed by atoms with Crippen molar-refractivity contribution in [3.8, 4) is 0 Å². The van der Waals surface area contributed by atoms with E-state index in [1.807, 2.05) is 0 Å². The summed E-state index contributed by atoms with van der Waals surface area (Å²) in [5.41, 5.74) is 0. The Balaban J connectivity index is 3.12. The Morgan fingerprint density at radius 3 is 1.59 bits per heavy atom. The summed E-state index contributed by atoms with van der Waals surface area (Å²) in [4.78, 5) is 11.4. The highest BCUT2D eigenvalue weighted by molar-refractivity contribution is 5.78. The molecule has 0 aromatic carbocycles. The van der Waals surface area contributed by atoms with Gasteiger partial charge < -0.3 is 10.2 Å². The minimum atomic E-state index is -0.866. The van der Waals surface area contributed by atoms with Crippen LogP contribution in [0, 0.1) is 0 Å². The first kappa shape index (κ1) is 21.6. The summed E-state index contributed by atoms with van der Waals surface area (Å²) in [7, 11) is 0. The lowest BCUT2D eigenvalue weighted by Crippen LogP contribution is -2.17. The largest absolute Gasteiger partial charge is 0.394 e. The fraction of sp³-hybridized carbons (Fsp3) is 0.947. The minimum Gasteiger partial charge on any atom is -0.394 e. The van der Waals surface area contributed by atoms with Crippen LogP contribution in [0.15, 0.2) is 0 Å². The normalized spacial score (nSPS) is 12.5. The van der Waals surface area contributed by atoms with Gasteiger partial charge in [-0.05, 0) is 6.42 Å². The number of carbonyl (C=O) groups is 1. The maximum absolute atomic E-state index is 11.4. The number of rotatable bonds is 17. The molecule has 1 atom stereocenters. The van der Waals surface area contributed by atoms with Gasteiger partial charge in [-0.2, -0.15) is 0 Å². The van der Waals surface area contributed by atoms with E-state index < -0.39 is 6.10 Å². The molecule has 0 saturated heterocycles. The lowest BCUT2D eigenvalue weighted by molar-refractivity contribution is -0.121. The lowest BCUT2D eigenvalue weighted by atomic mass is 10.0. The standard InChI is InChI=1S/C19H38O3/c1-2-3-4-5-6-7-8-9-10-11-12-13-14-15-18(21)16-19(22)17-20/h19-20,22H,2-17H2,1H3. The molecule has 0 aliphatic carbocycles. The van der Waals surface area contributed by atoms with Crippen molar-refractivity contribution in [1.29, 1.82) is 0 Å². The van der Waals surface area contributed by atoms with E-state index in [2.05, 4.69) is 6.92 Å². The summed E-state index contributed by atoms with van der Waals surface area (Å²) in [5.74, 6) is 0.0737. The van der Waals surface area contributed by atoms with Gasteiger partial charge in [0.15, 0.2) is 0 Å². The first-order valence-corrected chi connectivity index (χ1v) is 9.51. The molecular weight excluding hydrogens is 276 g/mol. The van der Waals surface area contributed by atoms with Crippen LogP contribution in [0.1, 0.15) is 103 Å². The molecule has 1 unspecified atom stereocenters. The third kappa shape index (κ3) is 16.0. The number of unbranched alkanes of at least 4 members (excludes halogenated alkanes) is 12. The molecule has 0 bridgehead atoms. The zero-order valence-electron chi connectivity index (χ0n) is 14.7. The van der Waals surface area contributed by atoms with Crippen molar-refractivity contribution in [1.82, 2.24) is 0 Å². The zero-order chi connectivity index (χ0) is 16.5. The van der Waals surface area contributed by atoms with Gasteiger partial charge >= 0.3 is 0 Å². The van der Waals surface area contributed by atoms with E-state index >= 15 is 0 Å². The van der Waals surface area contributed by atoms with Gasteiger partial charge in [-0.3, -0.25) is 4.79 Å². The number of ketones is 1. The Morgan fingerprint density at radius 2 is 1.18 bits per heavy atom. The van der Waals surface area contributed by atoms with Crippen molar-refractivity contribution >= 4 is 5.78 Å². The van der Waals surface area contributed by atoms with Gasteiger partial charge in [-0.25, -0.2) is 0 Å². The molecule has 3 nitrogen and oxygen atoms in total. The molecule has 0 heterocycles. The second kappa shape index (κ2) is 17.0. The van der Waals surface area contributed by atoms with Crippen molar-refractivity contribution in [2.24, 2.45) is 0 Å². The van der Waals surface area contributed by atoms with Crippen LogP contribution < -0.4 is 0 Å². The quantitative estimate of drug-likeness (QED) is 0.380. The van der Waals surface area contributed by atoms with Crippen molar-refractivity contribution in [2.75, 3.05) is 6.61 Å². The van der Waals surface area contributed by atoms with E-state index in [-0.39, 0.29) is 18.8 Å². The van der Waals surface area contributed by atoms with E-state index in [0.717, 1.165) is 12.8 Å². The number of aliphatic hydroxyl groups is 2. The number of hydrogen-bond acceptors (Lipinski definition) is 3. The molecule has 0 aromatic heterocycles. The third-order valence-electron chi connectivity index (χ3n) is 4.23. The van der Waals surface area contributed by atoms with Gasteiger partial charge in [0.25, 0.3) is 0 Å².